The van der Waals surface area contributed by atoms with Gasteiger partial charge in [0, 0.05) is 31.0 Å². The van der Waals surface area contributed by atoms with E-state index in [0.29, 0.717) is 5.56 Å². The average Bonchev–Trinajstić information content (AvgIpc) is 2.83. The number of hydrogen-bond donors (Lipinski definition) is 1. The Morgan fingerprint density at radius 2 is 1.59 bits per heavy atom. The maximum atomic E-state index is 12.7. The lowest BCUT2D eigenvalue weighted by atomic mass is 9.78. The van der Waals surface area contributed by atoms with Crippen molar-refractivity contribution in [2.45, 2.75) is 38.9 Å². The second-order valence-electron chi connectivity index (χ2n) is 8.11. The van der Waals surface area contributed by atoms with Gasteiger partial charge in [0.25, 0.3) is 5.91 Å². The molecule has 2 aromatic carbocycles. The molecule has 0 aromatic heterocycles. The Bertz CT molecular complexity index is 833. The van der Waals surface area contributed by atoms with E-state index < -0.39 is 18.3 Å². The highest BCUT2D eigenvalue weighted by Gasteiger charge is 2.51. The minimum absolute atomic E-state index is 0.163. The Hall–Kier alpha value is -2.31. The highest BCUT2D eigenvalue weighted by Crippen LogP contribution is 2.36. The molecule has 1 heterocycles. The van der Waals surface area contributed by atoms with Gasteiger partial charge in [0.2, 0.25) is 0 Å². The number of amides is 1. The number of nitrogens with one attached hydrogen (secondary N) is 1. The number of nitrogens with zero attached hydrogens (tertiary/aromatic N) is 1. The van der Waals surface area contributed by atoms with Gasteiger partial charge in [-0.1, -0.05) is 18.2 Å². The van der Waals surface area contributed by atoms with Crippen LogP contribution in [0, 0.1) is 0 Å². The number of anilines is 2. The summed E-state index contributed by atoms with van der Waals surface area (Å²) in [4.78, 5) is 14.7. The standard InChI is InChI=1S/C21H27BN2O3/c1-20(2)21(3,4)27-22(26-20)16-10-7-9-15(13-16)19(25)23-17-11-8-12-18(14-17)24(5)6/h7-14H,1-6H3,(H,23,25). The van der Waals surface area contributed by atoms with Gasteiger partial charge in [-0.15, -0.1) is 0 Å². The third-order valence-electron chi connectivity index (χ3n) is 5.29. The van der Waals surface area contributed by atoms with Crippen LogP contribution >= 0.6 is 0 Å². The number of hydrogen-bond acceptors (Lipinski definition) is 4. The molecule has 0 bridgehead atoms. The third kappa shape index (κ3) is 4.02. The first-order chi connectivity index (χ1) is 12.6. The molecule has 0 unspecified atom stereocenters. The van der Waals surface area contributed by atoms with E-state index in [2.05, 4.69) is 5.32 Å². The van der Waals surface area contributed by atoms with E-state index in [1.807, 2.05) is 89.2 Å². The van der Waals surface area contributed by atoms with E-state index in [0.717, 1.165) is 16.8 Å². The minimum atomic E-state index is -0.486. The summed E-state index contributed by atoms with van der Waals surface area (Å²) < 4.78 is 12.2. The Morgan fingerprint density at radius 3 is 2.22 bits per heavy atom. The van der Waals surface area contributed by atoms with Crippen LogP contribution in [0.3, 0.4) is 0 Å². The van der Waals surface area contributed by atoms with Crippen molar-refractivity contribution < 1.29 is 14.1 Å². The maximum absolute atomic E-state index is 12.7. The summed E-state index contributed by atoms with van der Waals surface area (Å²) in [5.41, 5.74) is 2.36. The summed E-state index contributed by atoms with van der Waals surface area (Å²) in [5, 5.41) is 2.96. The maximum Gasteiger partial charge on any atom is 0.494 e. The van der Waals surface area contributed by atoms with Gasteiger partial charge in [0.15, 0.2) is 0 Å². The highest BCUT2D eigenvalue weighted by atomic mass is 16.7. The minimum Gasteiger partial charge on any atom is -0.399 e. The lowest BCUT2D eigenvalue weighted by molar-refractivity contribution is 0.00578. The Kier molecular flexibility index (Phi) is 5.06. The molecule has 0 spiro atoms. The summed E-state index contributed by atoms with van der Waals surface area (Å²) in [5.74, 6) is -0.163. The normalized spacial score (nSPS) is 17.6. The van der Waals surface area contributed by atoms with Crippen LogP contribution in [0.25, 0.3) is 0 Å². The van der Waals surface area contributed by atoms with Crippen LogP contribution in [0.15, 0.2) is 48.5 Å². The Labute approximate surface area is 161 Å². The molecular formula is C21H27BN2O3. The van der Waals surface area contributed by atoms with E-state index >= 15 is 0 Å². The molecule has 0 atom stereocenters. The van der Waals surface area contributed by atoms with Gasteiger partial charge < -0.3 is 19.5 Å². The molecular weight excluding hydrogens is 339 g/mol. The zero-order valence-corrected chi connectivity index (χ0v) is 16.9. The summed E-state index contributed by atoms with van der Waals surface area (Å²) in [6.45, 7) is 8.06. The van der Waals surface area contributed by atoms with Gasteiger partial charge in [-0.25, -0.2) is 0 Å². The van der Waals surface area contributed by atoms with E-state index in [1.54, 1.807) is 6.07 Å². The van der Waals surface area contributed by atoms with Crippen molar-refractivity contribution in [2.24, 2.45) is 0 Å². The van der Waals surface area contributed by atoms with Crippen LogP contribution in [0.4, 0.5) is 11.4 Å². The summed E-state index contributed by atoms with van der Waals surface area (Å²) in [6, 6.07) is 15.1. The lowest BCUT2D eigenvalue weighted by Gasteiger charge is -2.32. The van der Waals surface area contributed by atoms with E-state index in [1.165, 1.54) is 0 Å². The molecule has 0 radical (unpaired) electrons. The summed E-state index contributed by atoms with van der Waals surface area (Å²) in [6.07, 6.45) is 0. The summed E-state index contributed by atoms with van der Waals surface area (Å²) in [7, 11) is 3.45. The van der Waals surface area contributed by atoms with Crippen LogP contribution in [0.5, 0.6) is 0 Å². The smallest absolute Gasteiger partial charge is 0.399 e. The molecule has 0 aliphatic carbocycles. The van der Waals surface area contributed by atoms with E-state index in [9.17, 15) is 4.79 Å². The number of rotatable bonds is 4. The fourth-order valence-electron chi connectivity index (χ4n) is 2.87. The van der Waals surface area contributed by atoms with Gasteiger partial charge in [0.05, 0.1) is 11.2 Å². The van der Waals surface area contributed by atoms with Gasteiger partial charge in [0.1, 0.15) is 0 Å². The first-order valence-corrected chi connectivity index (χ1v) is 9.13. The van der Waals surface area contributed by atoms with Crippen LogP contribution in [-0.4, -0.2) is 38.3 Å². The van der Waals surface area contributed by atoms with Crippen molar-refractivity contribution in [3.05, 3.63) is 54.1 Å². The molecule has 3 rings (SSSR count). The second kappa shape index (κ2) is 7.02. The fraction of sp³-hybridized carbons (Fsp3) is 0.381. The van der Waals surface area contributed by atoms with Gasteiger partial charge in [-0.3, -0.25) is 4.79 Å². The van der Waals surface area contributed by atoms with Crippen molar-refractivity contribution in [1.82, 2.24) is 0 Å². The number of carbonyl (C=O) groups is 1. The zero-order chi connectivity index (χ0) is 19.8. The molecule has 142 valence electrons. The summed E-state index contributed by atoms with van der Waals surface area (Å²) >= 11 is 0. The van der Waals surface area contributed by atoms with Crippen LogP contribution in [0.1, 0.15) is 38.1 Å². The van der Waals surface area contributed by atoms with Crippen molar-refractivity contribution in [3.8, 4) is 0 Å². The molecule has 2 aromatic rings. The molecule has 5 nitrogen and oxygen atoms in total. The van der Waals surface area contributed by atoms with E-state index in [4.69, 9.17) is 9.31 Å². The van der Waals surface area contributed by atoms with Crippen molar-refractivity contribution >= 4 is 29.9 Å². The molecule has 1 N–H and O–H groups in total. The van der Waals surface area contributed by atoms with Crippen molar-refractivity contribution in [1.29, 1.82) is 0 Å². The predicted octanol–water partition coefficient (Wildman–Crippen LogP) is 3.30. The van der Waals surface area contributed by atoms with Crippen molar-refractivity contribution in [3.63, 3.8) is 0 Å². The largest absolute Gasteiger partial charge is 0.494 e. The molecule has 1 fully saturated rings. The topological polar surface area (TPSA) is 50.8 Å². The molecule has 1 aliphatic rings. The van der Waals surface area contributed by atoms with Gasteiger partial charge in [-0.2, -0.15) is 0 Å². The van der Waals surface area contributed by atoms with E-state index in [-0.39, 0.29) is 5.91 Å². The van der Waals surface area contributed by atoms with Crippen molar-refractivity contribution in [2.75, 3.05) is 24.3 Å². The molecule has 1 aliphatic heterocycles. The Balaban J connectivity index is 1.78. The zero-order valence-electron chi connectivity index (χ0n) is 16.9. The molecule has 6 heteroatoms. The predicted molar refractivity (Wildman–Crippen MR) is 111 cm³/mol. The molecule has 0 saturated carbocycles. The SMILES string of the molecule is CN(C)c1cccc(NC(=O)c2cccc(B3OC(C)(C)C(C)(C)O3)c2)c1. The first kappa shape index (κ1) is 19.5. The molecule has 27 heavy (non-hydrogen) atoms. The van der Waals surface area contributed by atoms with Crippen LogP contribution in [-0.2, 0) is 9.31 Å². The highest BCUT2D eigenvalue weighted by molar-refractivity contribution is 6.62. The quantitative estimate of drug-likeness (QED) is 0.844. The van der Waals surface area contributed by atoms with Gasteiger partial charge in [-0.05, 0) is 63.5 Å². The van der Waals surface area contributed by atoms with Crippen LogP contribution in [0.2, 0.25) is 0 Å². The van der Waals surface area contributed by atoms with Gasteiger partial charge >= 0.3 is 7.12 Å². The molecule has 1 saturated heterocycles. The van der Waals surface area contributed by atoms with Crippen LogP contribution < -0.4 is 15.7 Å². The monoisotopic (exact) mass is 366 g/mol. The average molecular weight is 366 g/mol. The lowest BCUT2D eigenvalue weighted by Crippen LogP contribution is -2.41. The number of carbonyl (C=O) groups excluding carboxylic acids is 1. The fourth-order valence-corrected chi connectivity index (χ4v) is 2.87. The molecule has 1 amide bonds. The Morgan fingerprint density at radius 1 is 0.963 bits per heavy atom. The second-order valence-corrected chi connectivity index (χ2v) is 8.11. The first-order valence-electron chi connectivity index (χ1n) is 9.13. The number of benzene rings is 2. The third-order valence-corrected chi connectivity index (χ3v) is 5.29.